The van der Waals surface area contributed by atoms with E-state index in [-0.39, 0.29) is 5.69 Å². The Morgan fingerprint density at radius 3 is 2.30 bits per heavy atom. The number of nitro benzene ring substituents is 1. The monoisotopic (exact) mass is 412 g/mol. The minimum atomic E-state index is -0.807. The molecule has 1 heterocycles. The number of hydrogen-bond acceptors (Lipinski definition) is 6. The lowest BCUT2D eigenvalue weighted by molar-refractivity contribution is -0.384. The summed E-state index contributed by atoms with van der Waals surface area (Å²) in [6.45, 7) is 3.66. The molecule has 0 spiro atoms. The summed E-state index contributed by atoms with van der Waals surface area (Å²) in [4.78, 5) is 36.2. The normalized spacial score (nSPS) is 13.5. The molecular weight excluding hydrogens is 388 g/mol. The lowest BCUT2D eigenvalue weighted by atomic mass is 10.1. The van der Waals surface area contributed by atoms with Crippen LogP contribution in [-0.2, 0) is 20.7 Å². The van der Waals surface area contributed by atoms with E-state index in [2.05, 4.69) is 39.8 Å². The molecule has 1 saturated heterocycles. The number of nitrogens with one attached hydrogen (secondary N) is 2. The van der Waals surface area contributed by atoms with Crippen LogP contribution in [0, 0.1) is 10.1 Å². The van der Waals surface area contributed by atoms with E-state index in [0.717, 1.165) is 38.3 Å². The molecule has 9 heteroatoms. The van der Waals surface area contributed by atoms with Gasteiger partial charge in [-0.25, -0.2) is 0 Å². The molecule has 30 heavy (non-hydrogen) atoms. The molecule has 2 N–H and O–H groups in total. The largest absolute Gasteiger partial charge is 0.378 e. The molecule has 0 bridgehead atoms. The highest BCUT2D eigenvalue weighted by Crippen LogP contribution is 2.17. The number of carbonyl (C=O) groups excluding carboxylic acids is 2. The summed E-state index contributed by atoms with van der Waals surface area (Å²) in [5.41, 5.74) is 2.58. The van der Waals surface area contributed by atoms with Crippen molar-refractivity contribution in [3.8, 4) is 0 Å². The highest BCUT2D eigenvalue weighted by atomic mass is 16.6. The zero-order valence-corrected chi connectivity index (χ0v) is 16.5. The third-order valence-electron chi connectivity index (χ3n) is 4.78. The van der Waals surface area contributed by atoms with Crippen LogP contribution in [0.1, 0.15) is 12.0 Å². The van der Waals surface area contributed by atoms with E-state index < -0.39 is 16.7 Å². The molecule has 2 amide bonds. The maximum Gasteiger partial charge on any atom is 0.313 e. The van der Waals surface area contributed by atoms with Gasteiger partial charge >= 0.3 is 11.8 Å². The van der Waals surface area contributed by atoms with Gasteiger partial charge in [0.25, 0.3) is 5.69 Å². The third-order valence-corrected chi connectivity index (χ3v) is 4.78. The molecule has 0 aliphatic carbocycles. The Bertz CT molecular complexity index is 877. The predicted octanol–water partition coefficient (Wildman–Crippen LogP) is 2.12. The van der Waals surface area contributed by atoms with Crippen molar-refractivity contribution in [3.05, 3.63) is 64.2 Å². The van der Waals surface area contributed by atoms with Gasteiger partial charge in [-0.3, -0.25) is 19.7 Å². The summed E-state index contributed by atoms with van der Waals surface area (Å²) in [5.74, 6) is -1.55. The Balaban J connectivity index is 1.37. The van der Waals surface area contributed by atoms with Gasteiger partial charge in [0.1, 0.15) is 0 Å². The van der Waals surface area contributed by atoms with Crippen molar-refractivity contribution in [1.82, 2.24) is 5.32 Å². The first-order chi connectivity index (χ1) is 14.5. The smallest absolute Gasteiger partial charge is 0.313 e. The first-order valence-corrected chi connectivity index (χ1v) is 9.78. The van der Waals surface area contributed by atoms with Crippen molar-refractivity contribution in [3.63, 3.8) is 0 Å². The van der Waals surface area contributed by atoms with E-state index in [9.17, 15) is 19.7 Å². The van der Waals surface area contributed by atoms with Crippen LogP contribution in [0.15, 0.2) is 48.5 Å². The minimum absolute atomic E-state index is 0.0876. The maximum atomic E-state index is 11.9. The molecule has 1 aliphatic heterocycles. The minimum Gasteiger partial charge on any atom is -0.378 e. The van der Waals surface area contributed by atoms with Gasteiger partial charge in [0.2, 0.25) is 0 Å². The molecule has 158 valence electrons. The summed E-state index contributed by atoms with van der Waals surface area (Å²) in [7, 11) is 0. The van der Waals surface area contributed by atoms with E-state index in [1.165, 1.54) is 30.0 Å². The number of benzene rings is 2. The molecule has 9 nitrogen and oxygen atoms in total. The third kappa shape index (κ3) is 6.02. The second-order valence-electron chi connectivity index (χ2n) is 6.88. The average Bonchev–Trinajstić information content (AvgIpc) is 2.78. The zero-order chi connectivity index (χ0) is 21.3. The molecule has 0 unspecified atom stereocenters. The highest BCUT2D eigenvalue weighted by molar-refractivity contribution is 6.39. The van der Waals surface area contributed by atoms with Gasteiger partial charge < -0.3 is 20.3 Å². The number of anilines is 2. The summed E-state index contributed by atoms with van der Waals surface area (Å²) in [6.07, 6.45) is 1.49. The summed E-state index contributed by atoms with van der Waals surface area (Å²) < 4.78 is 5.36. The number of ether oxygens (including phenoxy) is 1. The van der Waals surface area contributed by atoms with Gasteiger partial charge in [0, 0.05) is 43.1 Å². The van der Waals surface area contributed by atoms with Crippen LogP contribution < -0.4 is 15.5 Å². The number of rotatable bonds is 7. The first kappa shape index (κ1) is 21.3. The Morgan fingerprint density at radius 1 is 1.00 bits per heavy atom. The van der Waals surface area contributed by atoms with E-state index in [1.54, 1.807) is 0 Å². The first-order valence-electron chi connectivity index (χ1n) is 9.78. The molecule has 0 radical (unpaired) electrons. The molecule has 0 saturated carbocycles. The number of carbonyl (C=O) groups is 2. The fraction of sp³-hybridized carbons (Fsp3) is 0.333. The highest BCUT2D eigenvalue weighted by Gasteiger charge is 2.14. The molecule has 3 rings (SSSR count). The Kier molecular flexibility index (Phi) is 7.34. The van der Waals surface area contributed by atoms with Crippen LogP contribution in [0.5, 0.6) is 0 Å². The van der Waals surface area contributed by atoms with Crippen molar-refractivity contribution >= 4 is 28.9 Å². The fourth-order valence-corrected chi connectivity index (χ4v) is 3.12. The van der Waals surface area contributed by atoms with Crippen LogP contribution >= 0.6 is 0 Å². The number of hydrogen-bond donors (Lipinski definition) is 2. The van der Waals surface area contributed by atoms with Gasteiger partial charge in [-0.2, -0.15) is 0 Å². The Labute approximate surface area is 174 Å². The second kappa shape index (κ2) is 10.4. The van der Waals surface area contributed by atoms with Gasteiger partial charge in [0.05, 0.1) is 18.1 Å². The Hall–Kier alpha value is -3.46. The second-order valence-corrected chi connectivity index (χ2v) is 6.88. The zero-order valence-electron chi connectivity index (χ0n) is 16.5. The van der Waals surface area contributed by atoms with Crippen LogP contribution in [0.2, 0.25) is 0 Å². The van der Waals surface area contributed by atoms with Crippen LogP contribution in [0.25, 0.3) is 0 Å². The maximum absolute atomic E-state index is 11.9. The Morgan fingerprint density at radius 2 is 1.67 bits per heavy atom. The number of nitro groups is 1. The fourth-order valence-electron chi connectivity index (χ4n) is 3.12. The van der Waals surface area contributed by atoms with Gasteiger partial charge in [0.15, 0.2) is 0 Å². The molecule has 2 aromatic rings. The van der Waals surface area contributed by atoms with E-state index >= 15 is 0 Å². The van der Waals surface area contributed by atoms with Crippen molar-refractivity contribution in [1.29, 1.82) is 0 Å². The molecule has 1 fully saturated rings. The number of non-ortho nitro benzene ring substituents is 1. The van der Waals surface area contributed by atoms with Gasteiger partial charge in [-0.1, -0.05) is 12.1 Å². The van der Waals surface area contributed by atoms with Crippen LogP contribution in [-0.4, -0.2) is 49.6 Å². The summed E-state index contributed by atoms with van der Waals surface area (Å²) >= 11 is 0. The SMILES string of the molecule is O=C(NCCCc1ccc(N2CCOCC2)cc1)C(=O)Nc1ccc([N+](=O)[O-])cc1. The number of morpholine rings is 1. The van der Waals surface area contributed by atoms with E-state index in [4.69, 9.17) is 4.74 Å². The van der Waals surface area contributed by atoms with Gasteiger partial charge in [-0.15, -0.1) is 0 Å². The van der Waals surface area contributed by atoms with Crippen molar-refractivity contribution in [2.75, 3.05) is 43.1 Å². The van der Waals surface area contributed by atoms with E-state index in [1.807, 2.05) is 0 Å². The van der Waals surface area contributed by atoms with Crippen molar-refractivity contribution in [2.24, 2.45) is 0 Å². The van der Waals surface area contributed by atoms with Crippen LogP contribution in [0.3, 0.4) is 0 Å². The lowest BCUT2D eigenvalue weighted by Gasteiger charge is -2.28. The quantitative estimate of drug-likeness (QED) is 0.312. The summed E-state index contributed by atoms with van der Waals surface area (Å²) in [6, 6.07) is 13.6. The van der Waals surface area contributed by atoms with Crippen LogP contribution in [0.4, 0.5) is 17.1 Å². The molecule has 1 aliphatic rings. The average molecular weight is 412 g/mol. The van der Waals surface area contributed by atoms with Gasteiger partial charge in [-0.05, 0) is 42.7 Å². The topological polar surface area (TPSA) is 114 Å². The molecule has 0 aromatic heterocycles. The molecule has 2 aromatic carbocycles. The van der Waals surface area contributed by atoms with E-state index in [0.29, 0.717) is 18.7 Å². The number of amides is 2. The van der Waals surface area contributed by atoms with Crippen molar-refractivity contribution in [2.45, 2.75) is 12.8 Å². The predicted molar refractivity (Wildman–Crippen MR) is 113 cm³/mol. The standard InChI is InChI=1S/C21H24N4O5/c26-20(21(27)23-17-5-9-19(10-6-17)25(28)29)22-11-1-2-16-3-7-18(8-4-16)24-12-14-30-15-13-24/h3-10H,1-2,11-15H2,(H,22,26)(H,23,27). The lowest BCUT2D eigenvalue weighted by Crippen LogP contribution is -2.36. The molecule has 0 atom stereocenters. The number of nitrogens with zero attached hydrogens (tertiary/aromatic N) is 2. The molecular formula is C21H24N4O5. The summed E-state index contributed by atoms with van der Waals surface area (Å²) in [5, 5.41) is 15.6. The van der Waals surface area contributed by atoms with Crippen molar-refractivity contribution < 1.29 is 19.2 Å². The number of aryl methyl sites for hydroxylation is 1.